The van der Waals surface area contributed by atoms with Crippen molar-refractivity contribution < 1.29 is 38.1 Å². The average molecular weight is 530 g/mol. The predicted octanol–water partition coefficient (Wildman–Crippen LogP) is 3.99. The molecule has 0 saturated heterocycles. The summed E-state index contributed by atoms with van der Waals surface area (Å²) in [6.45, 7) is 6.38. The molecule has 9 heteroatoms. The van der Waals surface area contributed by atoms with Gasteiger partial charge in [0.15, 0.2) is 11.6 Å². The smallest absolute Gasteiger partial charge is 0.220 e. The van der Waals surface area contributed by atoms with E-state index in [9.17, 15) is 19.2 Å². The maximum Gasteiger partial charge on any atom is 0.220 e. The van der Waals surface area contributed by atoms with E-state index in [1.807, 2.05) is 6.92 Å². The Balaban J connectivity index is 3.29. The highest BCUT2D eigenvalue weighted by Crippen LogP contribution is 2.11. The van der Waals surface area contributed by atoms with Crippen molar-refractivity contribution in [3.05, 3.63) is 0 Å². The first-order valence-electron chi connectivity index (χ1n) is 14.1. The highest BCUT2D eigenvalue weighted by Gasteiger charge is 2.04. The molecule has 0 bridgehead atoms. The van der Waals surface area contributed by atoms with Gasteiger partial charge in [-0.25, -0.2) is 0 Å². The van der Waals surface area contributed by atoms with Gasteiger partial charge in [0.2, 0.25) is 5.91 Å². The number of hydrogen-bond acceptors (Lipinski definition) is 8. The zero-order valence-electron chi connectivity index (χ0n) is 23.3. The van der Waals surface area contributed by atoms with Crippen LogP contribution in [0.1, 0.15) is 97.3 Å². The summed E-state index contributed by atoms with van der Waals surface area (Å²) in [4.78, 5) is 45.5. The number of carbonyl (C=O) groups is 4. The molecule has 1 amide bonds. The Morgan fingerprint density at radius 2 is 1.05 bits per heavy atom. The second kappa shape index (κ2) is 27.4. The molecular weight excluding hydrogens is 478 g/mol. The van der Waals surface area contributed by atoms with E-state index in [1.54, 1.807) is 0 Å². The second-order valence-electron chi connectivity index (χ2n) is 9.24. The third kappa shape index (κ3) is 28.7. The molecule has 0 atom stereocenters. The number of ketones is 3. The van der Waals surface area contributed by atoms with Crippen LogP contribution in [0.4, 0.5) is 0 Å². The maximum atomic E-state index is 11.9. The lowest BCUT2D eigenvalue weighted by Crippen LogP contribution is -2.27. The highest BCUT2D eigenvalue weighted by molar-refractivity contribution is 5.79. The number of carbonyl (C=O) groups excluding carboxylic acids is 4. The van der Waals surface area contributed by atoms with Gasteiger partial charge in [-0.05, 0) is 26.2 Å². The minimum atomic E-state index is -0.0170. The van der Waals surface area contributed by atoms with Crippen molar-refractivity contribution >= 4 is 23.3 Å². The molecule has 216 valence electrons. The van der Waals surface area contributed by atoms with Gasteiger partial charge in [0.1, 0.15) is 19.0 Å². The summed E-state index contributed by atoms with van der Waals surface area (Å²) in [7, 11) is 0. The number of hydrogen-bond donors (Lipinski definition) is 1. The van der Waals surface area contributed by atoms with Crippen LogP contribution in [-0.2, 0) is 38.1 Å². The Morgan fingerprint density at radius 1 is 0.541 bits per heavy atom. The van der Waals surface area contributed by atoms with E-state index in [4.69, 9.17) is 18.9 Å². The van der Waals surface area contributed by atoms with E-state index >= 15 is 0 Å². The van der Waals surface area contributed by atoms with Crippen molar-refractivity contribution in [3.63, 3.8) is 0 Å². The van der Waals surface area contributed by atoms with Crippen molar-refractivity contribution in [2.75, 3.05) is 59.4 Å². The Hall–Kier alpha value is -1.68. The van der Waals surface area contributed by atoms with Crippen molar-refractivity contribution in [1.29, 1.82) is 0 Å². The monoisotopic (exact) mass is 529 g/mol. The summed E-state index contributed by atoms with van der Waals surface area (Å²) in [6, 6.07) is 0. The van der Waals surface area contributed by atoms with Gasteiger partial charge in [-0.1, -0.05) is 45.4 Å². The lowest BCUT2D eigenvalue weighted by Gasteiger charge is -2.08. The van der Waals surface area contributed by atoms with Gasteiger partial charge >= 0.3 is 0 Å². The SMILES string of the molecule is CCC(=O)CCCCCCCCCCC(=O)NCCOCCOCC(=O)CCCOCCOCC(C)=O. The van der Waals surface area contributed by atoms with Crippen LogP contribution < -0.4 is 5.32 Å². The molecule has 0 spiro atoms. The van der Waals surface area contributed by atoms with Crippen LogP contribution in [-0.4, -0.2) is 82.7 Å². The largest absolute Gasteiger partial charge is 0.379 e. The molecule has 0 saturated carbocycles. The number of rotatable bonds is 29. The third-order valence-corrected chi connectivity index (χ3v) is 5.63. The first kappa shape index (κ1) is 35.3. The van der Waals surface area contributed by atoms with Crippen LogP contribution in [0.2, 0.25) is 0 Å². The highest BCUT2D eigenvalue weighted by atomic mass is 16.5. The second-order valence-corrected chi connectivity index (χ2v) is 9.24. The van der Waals surface area contributed by atoms with Crippen molar-refractivity contribution in [3.8, 4) is 0 Å². The van der Waals surface area contributed by atoms with Crippen molar-refractivity contribution in [1.82, 2.24) is 5.32 Å². The standard InChI is InChI=1S/C28H51NO8/c1-3-26(31)13-10-8-6-4-5-7-9-11-15-28(33)29-16-18-35-20-22-37-24-27(32)14-12-17-34-19-21-36-23-25(2)30/h3-24H2,1-2H3,(H,29,33). The topological polar surface area (TPSA) is 117 Å². The lowest BCUT2D eigenvalue weighted by atomic mass is 10.0. The fraction of sp³-hybridized carbons (Fsp3) is 0.857. The number of nitrogens with one attached hydrogen (secondary N) is 1. The molecular formula is C28H51NO8. The number of amides is 1. The third-order valence-electron chi connectivity index (χ3n) is 5.63. The Kier molecular flexibility index (Phi) is 26.1. The van der Waals surface area contributed by atoms with E-state index in [0.29, 0.717) is 77.7 Å². The Bertz CT molecular complexity index is 597. The van der Waals surface area contributed by atoms with Gasteiger partial charge in [0.25, 0.3) is 0 Å². The molecule has 9 nitrogen and oxygen atoms in total. The van der Waals surface area contributed by atoms with E-state index < -0.39 is 0 Å². The van der Waals surface area contributed by atoms with E-state index in [1.165, 1.54) is 26.2 Å². The molecule has 0 aliphatic rings. The Labute approximate surface area is 223 Å². The molecule has 0 aromatic heterocycles. The summed E-state index contributed by atoms with van der Waals surface area (Å²) >= 11 is 0. The van der Waals surface area contributed by atoms with Crippen LogP contribution in [0.25, 0.3) is 0 Å². The molecule has 0 fully saturated rings. The first-order valence-corrected chi connectivity index (χ1v) is 14.1. The summed E-state index contributed by atoms with van der Waals surface area (Å²) in [5, 5.41) is 2.86. The first-order chi connectivity index (χ1) is 18.0. The molecule has 0 unspecified atom stereocenters. The van der Waals surface area contributed by atoms with Crippen LogP contribution >= 0.6 is 0 Å². The molecule has 0 aromatic rings. The zero-order valence-corrected chi connectivity index (χ0v) is 23.3. The summed E-state index contributed by atoms with van der Waals surface area (Å²) in [5.74, 6) is 0.419. The van der Waals surface area contributed by atoms with Crippen LogP contribution in [0, 0.1) is 0 Å². The predicted molar refractivity (Wildman–Crippen MR) is 143 cm³/mol. The normalized spacial score (nSPS) is 11.0. The lowest BCUT2D eigenvalue weighted by molar-refractivity contribution is -0.125. The van der Waals surface area contributed by atoms with Gasteiger partial charge in [0, 0.05) is 38.8 Å². The number of unbranched alkanes of at least 4 members (excludes halogenated alkanes) is 7. The summed E-state index contributed by atoms with van der Waals surface area (Å²) in [6.07, 6.45) is 11.8. The van der Waals surface area contributed by atoms with Crippen LogP contribution in [0.15, 0.2) is 0 Å². The quantitative estimate of drug-likeness (QED) is 0.145. The number of Topliss-reactive ketones (excluding diaryl/α,β-unsaturated/α-hetero) is 3. The molecule has 0 radical (unpaired) electrons. The van der Waals surface area contributed by atoms with E-state index in [2.05, 4.69) is 5.32 Å². The minimum absolute atomic E-state index is 0.0170. The van der Waals surface area contributed by atoms with Crippen LogP contribution in [0.3, 0.4) is 0 Å². The molecule has 0 aromatic carbocycles. The van der Waals surface area contributed by atoms with Gasteiger partial charge in [-0.15, -0.1) is 0 Å². The van der Waals surface area contributed by atoms with Crippen molar-refractivity contribution in [2.45, 2.75) is 97.3 Å². The van der Waals surface area contributed by atoms with Crippen LogP contribution in [0.5, 0.6) is 0 Å². The molecule has 0 aliphatic heterocycles. The molecule has 1 N–H and O–H groups in total. The molecule has 0 aliphatic carbocycles. The van der Waals surface area contributed by atoms with Crippen molar-refractivity contribution in [2.24, 2.45) is 0 Å². The fourth-order valence-corrected chi connectivity index (χ4v) is 3.48. The van der Waals surface area contributed by atoms with E-state index in [-0.39, 0.29) is 30.7 Å². The number of ether oxygens (including phenoxy) is 4. The van der Waals surface area contributed by atoms with Gasteiger partial charge in [-0.2, -0.15) is 0 Å². The zero-order chi connectivity index (χ0) is 27.4. The summed E-state index contributed by atoms with van der Waals surface area (Å²) < 4.78 is 21.2. The fourth-order valence-electron chi connectivity index (χ4n) is 3.48. The molecule has 0 rings (SSSR count). The van der Waals surface area contributed by atoms with Gasteiger partial charge in [0.05, 0.1) is 33.0 Å². The molecule has 37 heavy (non-hydrogen) atoms. The average Bonchev–Trinajstić information content (AvgIpc) is 2.87. The Morgan fingerprint density at radius 3 is 1.68 bits per heavy atom. The molecule has 0 heterocycles. The van der Waals surface area contributed by atoms with Gasteiger partial charge in [-0.3, -0.25) is 19.2 Å². The summed E-state index contributed by atoms with van der Waals surface area (Å²) in [5.41, 5.74) is 0. The van der Waals surface area contributed by atoms with Gasteiger partial charge < -0.3 is 24.3 Å². The van der Waals surface area contributed by atoms with E-state index in [0.717, 1.165) is 38.5 Å². The maximum absolute atomic E-state index is 11.9. The minimum Gasteiger partial charge on any atom is -0.379 e.